The van der Waals surface area contributed by atoms with Gasteiger partial charge in [0.25, 0.3) is 5.56 Å². The van der Waals surface area contributed by atoms with Gasteiger partial charge < -0.3 is 30.9 Å². The number of carbonyl (C=O) groups excluding carboxylic acids is 1. The molecule has 1 aromatic heterocycles. The van der Waals surface area contributed by atoms with Gasteiger partial charge in [-0.05, 0) is 81.5 Å². The predicted octanol–water partition coefficient (Wildman–Crippen LogP) is 4.05. The number of benzene rings is 2. The van der Waals surface area contributed by atoms with Crippen molar-refractivity contribution in [2.75, 3.05) is 49.7 Å². The number of H-pyrrole nitrogens is 1. The van der Waals surface area contributed by atoms with Crippen molar-refractivity contribution in [1.29, 1.82) is 0 Å². The van der Waals surface area contributed by atoms with Crippen molar-refractivity contribution in [1.82, 2.24) is 14.8 Å². The second kappa shape index (κ2) is 11.8. The number of hydrogen-bond donors (Lipinski definition) is 5. The average Bonchev–Trinajstić information content (AvgIpc) is 3.33. The normalized spacial score (nSPS) is 18.3. The Kier molecular flexibility index (Phi) is 8.23. The van der Waals surface area contributed by atoms with Gasteiger partial charge in [0.05, 0.1) is 23.0 Å². The summed E-state index contributed by atoms with van der Waals surface area (Å²) in [6, 6.07) is 13.2. The van der Waals surface area contributed by atoms with E-state index < -0.39 is 12.3 Å². The topological polar surface area (TPSA) is 113 Å². The summed E-state index contributed by atoms with van der Waals surface area (Å²) in [7, 11) is 4.27. The largest absolute Gasteiger partial charge is 0.387 e. The lowest BCUT2D eigenvalue weighted by Gasteiger charge is -2.35. The van der Waals surface area contributed by atoms with Crippen LogP contribution in [0, 0.1) is 0 Å². The Labute approximate surface area is 233 Å². The lowest BCUT2D eigenvalue weighted by atomic mass is 10.0. The fraction of sp³-hybridized carbons (Fsp3) is 0.379. The van der Waals surface area contributed by atoms with Crippen LogP contribution in [0.1, 0.15) is 52.2 Å². The molecular formula is C29H35ClN6O3. The van der Waals surface area contributed by atoms with Crippen molar-refractivity contribution >= 4 is 34.9 Å². The van der Waals surface area contributed by atoms with E-state index in [0.717, 1.165) is 49.2 Å². The van der Waals surface area contributed by atoms with Gasteiger partial charge in [-0.2, -0.15) is 0 Å². The number of pyridine rings is 1. The molecular weight excluding hydrogens is 516 g/mol. The van der Waals surface area contributed by atoms with Crippen molar-refractivity contribution in [2.24, 2.45) is 0 Å². The second-order valence-corrected chi connectivity index (χ2v) is 10.9. The van der Waals surface area contributed by atoms with Crippen molar-refractivity contribution < 1.29 is 9.90 Å². The SMILES string of the molecule is CN1CCC(N(C)Cc2cc3c(cc2C=O)NC(c2c(NCC(O)c4cccc(Cl)c4)cc[nH]c2=O)N3)CC1. The standard InChI is InChI=1S/C29H35ClN6O3/c1-35-10-7-22(8-11-35)36(2)16-19-13-24-25(14-20(19)17-37)34-28(33-24)27-23(6-9-31-29(27)39)32-15-26(38)18-4-3-5-21(30)12-18/h3-6,9,12-14,17,22,26,28,33-34,38H,7-8,10-11,15-16H2,1-2H3,(H2,31,32,39). The molecule has 0 aliphatic carbocycles. The molecule has 0 amide bonds. The Morgan fingerprint density at radius 1 is 1.18 bits per heavy atom. The molecule has 5 rings (SSSR count). The zero-order valence-corrected chi connectivity index (χ0v) is 23.0. The Morgan fingerprint density at radius 3 is 2.64 bits per heavy atom. The number of aldehydes is 1. The summed E-state index contributed by atoms with van der Waals surface area (Å²) < 4.78 is 0. The summed E-state index contributed by atoms with van der Waals surface area (Å²) in [6.07, 6.45) is 3.36. The highest BCUT2D eigenvalue weighted by Crippen LogP contribution is 2.38. The van der Waals surface area contributed by atoms with E-state index in [4.69, 9.17) is 11.6 Å². The molecule has 3 heterocycles. The molecule has 2 aromatic carbocycles. The zero-order valence-electron chi connectivity index (χ0n) is 22.2. The van der Waals surface area contributed by atoms with Gasteiger partial charge in [-0.25, -0.2) is 0 Å². The van der Waals surface area contributed by atoms with Crippen LogP contribution in [0.15, 0.2) is 53.5 Å². The number of anilines is 3. The smallest absolute Gasteiger partial charge is 0.257 e. The van der Waals surface area contributed by atoms with Gasteiger partial charge in [0.2, 0.25) is 0 Å². The first-order valence-corrected chi connectivity index (χ1v) is 13.6. The van der Waals surface area contributed by atoms with Gasteiger partial charge in [-0.3, -0.25) is 14.5 Å². The third-order valence-electron chi connectivity index (χ3n) is 7.74. The van der Waals surface area contributed by atoms with Crippen LogP contribution >= 0.6 is 11.6 Å². The summed E-state index contributed by atoms with van der Waals surface area (Å²) in [5, 5.41) is 21.2. The molecule has 3 aromatic rings. The number of hydrogen-bond acceptors (Lipinski definition) is 8. The molecule has 10 heteroatoms. The molecule has 0 spiro atoms. The molecule has 0 radical (unpaired) electrons. The Morgan fingerprint density at radius 2 is 1.92 bits per heavy atom. The molecule has 2 atom stereocenters. The number of rotatable bonds is 9. The maximum Gasteiger partial charge on any atom is 0.257 e. The van der Waals surface area contributed by atoms with E-state index in [0.29, 0.717) is 40.0 Å². The van der Waals surface area contributed by atoms with Crippen LogP contribution in [0.5, 0.6) is 0 Å². The van der Waals surface area contributed by atoms with Crippen LogP contribution in [0.3, 0.4) is 0 Å². The van der Waals surface area contributed by atoms with E-state index in [2.05, 4.69) is 44.8 Å². The van der Waals surface area contributed by atoms with Crippen molar-refractivity contribution in [3.8, 4) is 0 Å². The van der Waals surface area contributed by atoms with Gasteiger partial charge in [-0.1, -0.05) is 23.7 Å². The number of carbonyl (C=O) groups is 1. The maximum atomic E-state index is 12.9. The molecule has 206 valence electrons. The summed E-state index contributed by atoms with van der Waals surface area (Å²) in [6.45, 7) is 3.01. The number of likely N-dealkylation sites (tertiary alicyclic amines) is 1. The highest BCUT2D eigenvalue weighted by molar-refractivity contribution is 6.30. The minimum absolute atomic E-state index is 0.194. The van der Waals surface area contributed by atoms with Crippen LogP contribution in [-0.4, -0.2) is 65.9 Å². The van der Waals surface area contributed by atoms with E-state index in [1.54, 1.807) is 36.5 Å². The molecule has 0 saturated carbocycles. The number of aliphatic hydroxyl groups is 1. The molecule has 9 nitrogen and oxygen atoms in total. The third kappa shape index (κ3) is 6.12. The second-order valence-electron chi connectivity index (χ2n) is 10.5. The number of piperidine rings is 1. The molecule has 1 fully saturated rings. The molecule has 2 unspecified atom stereocenters. The number of aromatic amines is 1. The summed E-state index contributed by atoms with van der Waals surface area (Å²) in [5.74, 6) is 0. The van der Waals surface area contributed by atoms with Gasteiger partial charge in [-0.15, -0.1) is 0 Å². The first-order valence-electron chi connectivity index (χ1n) is 13.3. The van der Waals surface area contributed by atoms with E-state index in [9.17, 15) is 14.7 Å². The Balaban J connectivity index is 1.32. The minimum Gasteiger partial charge on any atom is -0.387 e. The number of fused-ring (bicyclic) bond motifs is 1. The van der Waals surface area contributed by atoms with Gasteiger partial charge >= 0.3 is 0 Å². The number of aromatic nitrogens is 1. The summed E-state index contributed by atoms with van der Waals surface area (Å²) in [4.78, 5) is 32.4. The molecule has 5 N–H and O–H groups in total. The quantitative estimate of drug-likeness (QED) is 0.254. The third-order valence-corrected chi connectivity index (χ3v) is 7.98. The first kappa shape index (κ1) is 27.2. The number of nitrogens with zero attached hydrogens (tertiary/aromatic N) is 2. The summed E-state index contributed by atoms with van der Waals surface area (Å²) >= 11 is 6.07. The van der Waals surface area contributed by atoms with Crippen LogP contribution in [0.4, 0.5) is 17.1 Å². The lowest BCUT2D eigenvalue weighted by Crippen LogP contribution is -2.41. The maximum absolute atomic E-state index is 12.9. The fourth-order valence-corrected chi connectivity index (χ4v) is 5.64. The lowest BCUT2D eigenvalue weighted by molar-refractivity contribution is 0.111. The number of halogens is 1. The molecule has 1 saturated heterocycles. The van der Waals surface area contributed by atoms with E-state index in [-0.39, 0.29) is 12.1 Å². The van der Waals surface area contributed by atoms with Crippen LogP contribution in [0.2, 0.25) is 5.02 Å². The van der Waals surface area contributed by atoms with Crippen molar-refractivity contribution in [3.05, 3.63) is 86.3 Å². The van der Waals surface area contributed by atoms with E-state index in [1.165, 1.54) is 0 Å². The first-order chi connectivity index (χ1) is 18.8. The van der Waals surface area contributed by atoms with Gasteiger partial charge in [0.15, 0.2) is 0 Å². The van der Waals surface area contributed by atoms with Crippen LogP contribution in [-0.2, 0) is 6.54 Å². The fourth-order valence-electron chi connectivity index (χ4n) is 5.44. The highest BCUT2D eigenvalue weighted by Gasteiger charge is 2.28. The molecule has 2 aliphatic rings. The van der Waals surface area contributed by atoms with Crippen molar-refractivity contribution in [3.63, 3.8) is 0 Å². The van der Waals surface area contributed by atoms with E-state index in [1.807, 2.05) is 12.1 Å². The average molecular weight is 551 g/mol. The van der Waals surface area contributed by atoms with Crippen LogP contribution < -0.4 is 21.5 Å². The predicted molar refractivity (Wildman–Crippen MR) is 156 cm³/mol. The zero-order chi connectivity index (χ0) is 27.5. The highest BCUT2D eigenvalue weighted by atomic mass is 35.5. The van der Waals surface area contributed by atoms with Crippen LogP contribution in [0.25, 0.3) is 0 Å². The minimum atomic E-state index is -0.809. The van der Waals surface area contributed by atoms with Gasteiger partial charge in [0, 0.05) is 41.6 Å². The molecule has 2 aliphatic heterocycles. The monoisotopic (exact) mass is 550 g/mol. The van der Waals surface area contributed by atoms with E-state index >= 15 is 0 Å². The molecule has 39 heavy (non-hydrogen) atoms. The van der Waals surface area contributed by atoms with Gasteiger partial charge in [0.1, 0.15) is 12.5 Å². The molecule has 0 bridgehead atoms. The van der Waals surface area contributed by atoms with Crippen molar-refractivity contribution in [2.45, 2.75) is 37.7 Å². The summed E-state index contributed by atoms with van der Waals surface area (Å²) in [5.41, 5.74) is 4.67. The number of nitrogens with one attached hydrogen (secondary N) is 4. The Hall–Kier alpha value is -3.37. The number of aliphatic hydroxyl groups excluding tert-OH is 1. The Bertz CT molecular complexity index is 1390.